The Morgan fingerprint density at radius 1 is 0.946 bits per heavy atom. The Bertz CT molecular complexity index is 1650. The number of nitrogens with zero attached hydrogens (tertiary/aromatic N) is 3. The van der Waals surface area contributed by atoms with Gasteiger partial charge in [0.1, 0.15) is 11.4 Å². The van der Waals surface area contributed by atoms with E-state index >= 15 is 0 Å². The van der Waals surface area contributed by atoms with E-state index in [0.29, 0.717) is 39.7 Å². The minimum Gasteiger partial charge on any atom is -0.493 e. The van der Waals surface area contributed by atoms with Crippen LogP contribution in [0.15, 0.2) is 77.7 Å². The number of sulfonamides is 1. The topological polar surface area (TPSA) is 90.7 Å². The largest absolute Gasteiger partial charge is 0.493 e. The molecule has 0 radical (unpaired) electrons. The smallest absolute Gasteiger partial charge is 0.264 e. The first kappa shape index (κ1) is 24.3. The van der Waals surface area contributed by atoms with Gasteiger partial charge < -0.3 is 9.47 Å². The number of ether oxygens (including phenoxy) is 2. The predicted molar refractivity (Wildman–Crippen MR) is 142 cm³/mol. The summed E-state index contributed by atoms with van der Waals surface area (Å²) in [6.07, 6.45) is 3.22. The first-order valence-electron chi connectivity index (χ1n) is 11.5. The number of hydrogen-bond donors (Lipinski definition) is 0. The Balaban J connectivity index is 1.44. The summed E-state index contributed by atoms with van der Waals surface area (Å²) in [6, 6.07) is 19.3. The maximum absolute atomic E-state index is 13.0. The van der Waals surface area contributed by atoms with Crippen LogP contribution in [0.2, 0.25) is 0 Å². The van der Waals surface area contributed by atoms with E-state index in [-0.39, 0.29) is 10.7 Å². The van der Waals surface area contributed by atoms with Crippen molar-refractivity contribution in [1.82, 2.24) is 9.78 Å². The lowest BCUT2D eigenvalue weighted by Gasteiger charge is -2.26. The number of hydrogen-bond acceptors (Lipinski definition) is 6. The Morgan fingerprint density at radius 2 is 1.65 bits per heavy atom. The number of carbonyl (C=O) groups excluding carboxylic acids is 1. The predicted octanol–water partition coefficient (Wildman–Crippen LogP) is 4.90. The molecular formula is C28H25N3O5S. The summed E-state index contributed by atoms with van der Waals surface area (Å²) in [5.74, 6) is 1.04. The molecule has 0 unspecified atom stereocenters. The third kappa shape index (κ3) is 4.07. The van der Waals surface area contributed by atoms with Crippen molar-refractivity contribution in [3.05, 3.63) is 89.6 Å². The molecule has 0 atom stereocenters. The van der Waals surface area contributed by atoms with E-state index in [9.17, 15) is 13.2 Å². The normalized spacial score (nSPS) is 13.8. The number of aromatic nitrogens is 2. The SMILES string of the molecule is COc1ccc(/C=C/C(=O)c2ccc(-n3nc4c(c3C)N(C)S(=O)(=O)c3ccccc3-4)cc2)cc1OC. The quantitative estimate of drug-likeness (QED) is 0.268. The zero-order valence-corrected chi connectivity index (χ0v) is 21.6. The van der Waals surface area contributed by atoms with E-state index in [4.69, 9.17) is 14.6 Å². The first-order chi connectivity index (χ1) is 17.8. The number of carbonyl (C=O) groups is 1. The zero-order valence-electron chi connectivity index (χ0n) is 20.8. The van der Waals surface area contributed by atoms with Crippen molar-refractivity contribution in [1.29, 1.82) is 0 Å². The molecule has 5 rings (SSSR count). The second-order valence-corrected chi connectivity index (χ2v) is 10.5. The highest BCUT2D eigenvalue weighted by atomic mass is 32.2. The van der Waals surface area contributed by atoms with Gasteiger partial charge in [0.15, 0.2) is 17.3 Å². The van der Waals surface area contributed by atoms with Gasteiger partial charge in [-0.2, -0.15) is 5.10 Å². The molecule has 3 aromatic carbocycles. The number of allylic oxidation sites excluding steroid dienone is 1. The van der Waals surface area contributed by atoms with Crippen LogP contribution in [0.25, 0.3) is 23.0 Å². The van der Waals surface area contributed by atoms with Gasteiger partial charge in [-0.1, -0.05) is 30.3 Å². The molecule has 0 spiro atoms. The fourth-order valence-electron chi connectivity index (χ4n) is 4.45. The summed E-state index contributed by atoms with van der Waals surface area (Å²) in [6.45, 7) is 1.83. The fourth-order valence-corrected chi connectivity index (χ4v) is 5.90. The monoisotopic (exact) mass is 515 g/mol. The molecule has 188 valence electrons. The lowest BCUT2D eigenvalue weighted by molar-refractivity contribution is 0.104. The van der Waals surface area contributed by atoms with Crippen LogP contribution in [-0.4, -0.2) is 45.2 Å². The molecular weight excluding hydrogens is 490 g/mol. The minimum absolute atomic E-state index is 0.155. The number of methoxy groups -OCH3 is 2. The molecule has 1 aliphatic rings. The lowest BCUT2D eigenvalue weighted by Crippen LogP contribution is -2.30. The van der Waals surface area contributed by atoms with Gasteiger partial charge in [0, 0.05) is 18.2 Å². The summed E-state index contributed by atoms with van der Waals surface area (Å²) in [5, 5.41) is 4.75. The lowest BCUT2D eigenvalue weighted by atomic mass is 10.1. The van der Waals surface area contributed by atoms with Crippen molar-refractivity contribution >= 4 is 27.6 Å². The van der Waals surface area contributed by atoms with Gasteiger partial charge in [0.05, 0.1) is 30.5 Å². The molecule has 4 aromatic rings. The average molecular weight is 516 g/mol. The molecule has 0 bridgehead atoms. The summed E-state index contributed by atoms with van der Waals surface area (Å²) in [7, 11) is 0.999. The van der Waals surface area contributed by atoms with E-state index in [1.807, 2.05) is 13.0 Å². The summed E-state index contributed by atoms with van der Waals surface area (Å²) < 4.78 is 39.6. The van der Waals surface area contributed by atoms with Crippen LogP contribution >= 0.6 is 0 Å². The van der Waals surface area contributed by atoms with Crippen molar-refractivity contribution < 1.29 is 22.7 Å². The van der Waals surface area contributed by atoms with Crippen LogP contribution < -0.4 is 13.8 Å². The van der Waals surface area contributed by atoms with Gasteiger partial charge in [-0.3, -0.25) is 9.10 Å². The average Bonchev–Trinajstić information content (AvgIpc) is 3.27. The van der Waals surface area contributed by atoms with Crippen LogP contribution in [0.3, 0.4) is 0 Å². The van der Waals surface area contributed by atoms with Crippen LogP contribution in [0.4, 0.5) is 5.69 Å². The van der Waals surface area contributed by atoms with E-state index in [0.717, 1.165) is 11.3 Å². The molecule has 1 aliphatic heterocycles. The zero-order chi connectivity index (χ0) is 26.3. The second kappa shape index (κ2) is 9.25. The van der Waals surface area contributed by atoms with Gasteiger partial charge in [-0.15, -0.1) is 0 Å². The molecule has 0 amide bonds. The highest BCUT2D eigenvalue weighted by Crippen LogP contribution is 2.43. The highest BCUT2D eigenvalue weighted by molar-refractivity contribution is 7.93. The van der Waals surface area contributed by atoms with Crippen molar-refractivity contribution in [2.24, 2.45) is 0 Å². The molecule has 8 nitrogen and oxygen atoms in total. The Labute approximate surface area is 215 Å². The van der Waals surface area contributed by atoms with Gasteiger partial charge >= 0.3 is 0 Å². The van der Waals surface area contributed by atoms with Gasteiger partial charge in [0.2, 0.25) is 0 Å². The Morgan fingerprint density at radius 3 is 2.35 bits per heavy atom. The minimum atomic E-state index is -3.67. The van der Waals surface area contributed by atoms with Crippen molar-refractivity contribution in [2.45, 2.75) is 11.8 Å². The van der Waals surface area contributed by atoms with Gasteiger partial charge in [0.25, 0.3) is 10.0 Å². The van der Waals surface area contributed by atoms with Gasteiger partial charge in [-0.25, -0.2) is 13.1 Å². The van der Waals surface area contributed by atoms with E-state index < -0.39 is 10.0 Å². The number of benzene rings is 3. The molecule has 0 fully saturated rings. The Kier molecular flexibility index (Phi) is 6.08. The van der Waals surface area contributed by atoms with Crippen LogP contribution in [-0.2, 0) is 10.0 Å². The molecule has 1 aromatic heterocycles. The standard InChI is InChI=1S/C28H25N3O5S/c1-18-28-27(22-7-5-6-8-26(22)37(33,34)30(28)2)29-31(18)21-13-11-20(12-14-21)23(32)15-9-19-10-16-24(35-3)25(17-19)36-4/h5-17H,1-4H3/b15-9+. The van der Waals surface area contributed by atoms with E-state index in [1.165, 1.54) is 17.4 Å². The molecule has 9 heteroatoms. The van der Waals surface area contributed by atoms with E-state index in [2.05, 4.69) is 0 Å². The molecule has 0 saturated carbocycles. The third-order valence-electron chi connectivity index (χ3n) is 6.41. The van der Waals surface area contributed by atoms with Crippen molar-refractivity contribution in [3.63, 3.8) is 0 Å². The first-order valence-corrected chi connectivity index (χ1v) is 12.9. The van der Waals surface area contributed by atoms with Crippen LogP contribution in [0.5, 0.6) is 11.5 Å². The summed E-state index contributed by atoms with van der Waals surface area (Å²) in [5.41, 5.74) is 4.43. The van der Waals surface area contributed by atoms with E-state index in [1.54, 1.807) is 85.6 Å². The van der Waals surface area contributed by atoms with Gasteiger partial charge in [-0.05, 0) is 61.0 Å². The molecule has 37 heavy (non-hydrogen) atoms. The fraction of sp³-hybridized carbons (Fsp3) is 0.143. The second-order valence-electron chi connectivity index (χ2n) is 8.52. The highest BCUT2D eigenvalue weighted by Gasteiger charge is 2.36. The summed E-state index contributed by atoms with van der Waals surface area (Å²) >= 11 is 0. The van der Waals surface area contributed by atoms with Crippen molar-refractivity contribution in [2.75, 3.05) is 25.6 Å². The molecule has 0 aliphatic carbocycles. The van der Waals surface area contributed by atoms with Crippen LogP contribution in [0.1, 0.15) is 21.6 Å². The molecule has 0 N–H and O–H groups in total. The van der Waals surface area contributed by atoms with Crippen LogP contribution in [0, 0.1) is 6.92 Å². The maximum Gasteiger partial charge on any atom is 0.264 e. The maximum atomic E-state index is 13.0. The molecule has 2 heterocycles. The third-order valence-corrected chi connectivity index (χ3v) is 8.23. The summed E-state index contributed by atoms with van der Waals surface area (Å²) in [4.78, 5) is 13.0. The van der Waals surface area contributed by atoms with Crippen molar-refractivity contribution in [3.8, 4) is 28.4 Å². The number of anilines is 1. The number of ketones is 1. The number of rotatable bonds is 6. The Hall–Kier alpha value is -4.37. The molecule has 0 saturated heterocycles. The number of fused-ring (bicyclic) bond motifs is 3.